The number of pyridine rings is 1. The van der Waals surface area contributed by atoms with E-state index in [1.165, 1.54) is 21.3 Å². The zero-order valence-corrected chi connectivity index (χ0v) is 18.3. The smallest absolute Gasteiger partial charge is 0.412 e. The number of ether oxygens (including phenoxy) is 1. The van der Waals surface area contributed by atoms with Gasteiger partial charge in [-0.05, 0) is 69.3 Å². The fourth-order valence-electron chi connectivity index (χ4n) is 3.44. The highest BCUT2D eigenvalue weighted by Crippen LogP contribution is 2.22. The first kappa shape index (κ1) is 21.8. The summed E-state index contributed by atoms with van der Waals surface area (Å²) in [5.74, 6) is -1.05. The molecule has 0 aliphatic heterocycles. The van der Waals surface area contributed by atoms with E-state index in [0.717, 1.165) is 0 Å². The summed E-state index contributed by atoms with van der Waals surface area (Å²) in [7, 11) is 0. The van der Waals surface area contributed by atoms with Crippen LogP contribution in [0.1, 0.15) is 31.1 Å². The Labute approximate surface area is 188 Å². The van der Waals surface area contributed by atoms with E-state index in [4.69, 9.17) is 9.84 Å². The molecule has 2 aromatic heterocycles. The molecule has 0 unspecified atom stereocenters. The second-order valence-corrected chi connectivity index (χ2v) is 8.35. The van der Waals surface area contributed by atoms with Crippen LogP contribution in [0.2, 0.25) is 0 Å². The number of hydrogen-bond acceptors (Lipinski definition) is 5. The molecule has 0 saturated heterocycles. The molecule has 0 saturated carbocycles. The van der Waals surface area contributed by atoms with Crippen molar-refractivity contribution >= 4 is 28.8 Å². The molecule has 0 aliphatic rings. The van der Waals surface area contributed by atoms with Crippen LogP contribution >= 0.6 is 0 Å². The average Bonchev–Trinajstić information content (AvgIpc) is 3.04. The molecule has 0 spiro atoms. The molecule has 1 amide bonds. The summed E-state index contributed by atoms with van der Waals surface area (Å²) in [6, 6.07) is 14.6. The summed E-state index contributed by atoms with van der Waals surface area (Å²) in [5, 5.41) is 11.8. The minimum absolute atomic E-state index is 0.120. The van der Waals surface area contributed by atoms with Crippen LogP contribution in [-0.4, -0.2) is 36.9 Å². The van der Waals surface area contributed by atoms with Gasteiger partial charge >= 0.3 is 17.8 Å². The van der Waals surface area contributed by atoms with Crippen molar-refractivity contribution in [3.8, 4) is 11.4 Å². The molecule has 0 fully saturated rings. The predicted octanol–water partition coefficient (Wildman–Crippen LogP) is 4.22. The molecule has 168 valence electrons. The monoisotopic (exact) mass is 446 g/mol. The number of aromatic carboxylic acids is 1. The number of carboxylic acid groups (broad SMARTS) is 1. The van der Waals surface area contributed by atoms with Gasteiger partial charge in [0.15, 0.2) is 0 Å². The highest BCUT2D eigenvalue weighted by atomic mass is 16.6. The number of carbonyl (C=O) groups excluding carboxylic acids is 1. The quantitative estimate of drug-likeness (QED) is 0.485. The Kier molecular flexibility index (Phi) is 5.47. The Bertz CT molecular complexity index is 1410. The number of aromatic nitrogens is 3. The Morgan fingerprint density at radius 1 is 0.970 bits per heavy atom. The number of nitrogens with one attached hydrogen (secondary N) is 1. The van der Waals surface area contributed by atoms with Gasteiger partial charge in [-0.3, -0.25) is 19.4 Å². The molecule has 4 rings (SSSR count). The minimum atomic E-state index is -1.05. The van der Waals surface area contributed by atoms with Crippen LogP contribution in [0, 0.1) is 0 Å². The fraction of sp³-hybridized carbons (Fsp3) is 0.167. The van der Waals surface area contributed by atoms with Crippen LogP contribution in [0.4, 0.5) is 10.5 Å². The van der Waals surface area contributed by atoms with Gasteiger partial charge in [0.1, 0.15) is 5.60 Å². The van der Waals surface area contributed by atoms with Crippen LogP contribution in [0.15, 0.2) is 71.8 Å². The summed E-state index contributed by atoms with van der Waals surface area (Å²) in [6.07, 6.45) is 2.55. The van der Waals surface area contributed by atoms with Crippen molar-refractivity contribution in [2.75, 3.05) is 5.32 Å². The highest BCUT2D eigenvalue weighted by Gasteiger charge is 2.19. The number of fused-ring (bicyclic) bond motifs is 1. The fourth-order valence-corrected chi connectivity index (χ4v) is 3.44. The van der Waals surface area contributed by atoms with Gasteiger partial charge in [-0.25, -0.2) is 14.4 Å². The average molecular weight is 446 g/mol. The summed E-state index contributed by atoms with van der Waals surface area (Å²) in [5.41, 5.74) is 1.77. The third-order valence-electron chi connectivity index (χ3n) is 4.76. The third kappa shape index (κ3) is 4.47. The van der Waals surface area contributed by atoms with Gasteiger partial charge < -0.3 is 9.84 Å². The van der Waals surface area contributed by atoms with E-state index in [9.17, 15) is 14.4 Å². The number of anilines is 1. The molecule has 2 aromatic carbocycles. The number of imidazole rings is 1. The number of benzene rings is 2. The Balaban J connectivity index is 1.80. The van der Waals surface area contributed by atoms with E-state index < -0.39 is 17.7 Å². The van der Waals surface area contributed by atoms with Gasteiger partial charge in [-0.2, -0.15) is 0 Å². The van der Waals surface area contributed by atoms with Crippen molar-refractivity contribution in [2.24, 2.45) is 0 Å². The molecule has 2 N–H and O–H groups in total. The molecule has 0 atom stereocenters. The molecular weight excluding hydrogens is 424 g/mol. The second-order valence-electron chi connectivity index (χ2n) is 8.35. The molecule has 4 aromatic rings. The van der Waals surface area contributed by atoms with Crippen molar-refractivity contribution in [3.63, 3.8) is 0 Å². The summed E-state index contributed by atoms with van der Waals surface area (Å²) >= 11 is 0. The second kappa shape index (κ2) is 8.27. The molecule has 0 radical (unpaired) electrons. The molecule has 0 aliphatic carbocycles. The van der Waals surface area contributed by atoms with Gasteiger partial charge in [0.25, 0.3) is 0 Å². The van der Waals surface area contributed by atoms with Crippen molar-refractivity contribution in [1.29, 1.82) is 0 Å². The first-order valence-electron chi connectivity index (χ1n) is 10.2. The number of rotatable bonds is 4. The zero-order chi connectivity index (χ0) is 23.8. The summed E-state index contributed by atoms with van der Waals surface area (Å²) < 4.78 is 8.26. The SMILES string of the molecule is CC(C)(C)OC(=O)Nc1cccc(-n2c(=O)n(-c3ccc(C(=O)O)cc3)c3cnccc32)c1. The standard InChI is InChI=1S/C24H22N4O5/c1-24(2,3)33-22(31)26-16-5-4-6-18(13-16)28-19-11-12-25-14-20(19)27(23(28)32)17-9-7-15(8-10-17)21(29)30/h4-14H,1-3H3,(H,26,31)(H,29,30). The Hall–Kier alpha value is -4.40. The van der Waals surface area contributed by atoms with E-state index in [1.54, 1.807) is 75.6 Å². The van der Waals surface area contributed by atoms with E-state index in [1.807, 2.05) is 0 Å². The predicted molar refractivity (Wildman–Crippen MR) is 123 cm³/mol. The summed E-state index contributed by atoms with van der Waals surface area (Å²) in [6.45, 7) is 5.32. The molecule has 9 nitrogen and oxygen atoms in total. The Morgan fingerprint density at radius 3 is 2.33 bits per heavy atom. The third-order valence-corrected chi connectivity index (χ3v) is 4.76. The zero-order valence-electron chi connectivity index (χ0n) is 18.3. The van der Waals surface area contributed by atoms with Crippen LogP contribution in [0.25, 0.3) is 22.4 Å². The van der Waals surface area contributed by atoms with Gasteiger partial charge in [0.05, 0.1) is 34.2 Å². The van der Waals surface area contributed by atoms with Crippen LogP contribution < -0.4 is 11.0 Å². The van der Waals surface area contributed by atoms with Crippen LogP contribution in [0.3, 0.4) is 0 Å². The first-order chi connectivity index (χ1) is 15.6. The lowest BCUT2D eigenvalue weighted by molar-refractivity contribution is 0.0634. The van der Waals surface area contributed by atoms with E-state index in [-0.39, 0.29) is 11.3 Å². The number of carbonyl (C=O) groups is 2. The molecule has 33 heavy (non-hydrogen) atoms. The normalized spacial score (nSPS) is 11.4. The summed E-state index contributed by atoms with van der Waals surface area (Å²) in [4.78, 5) is 41.0. The van der Waals surface area contributed by atoms with Crippen molar-refractivity contribution in [2.45, 2.75) is 26.4 Å². The lowest BCUT2D eigenvalue weighted by Gasteiger charge is -2.19. The van der Waals surface area contributed by atoms with Crippen LogP contribution in [0.5, 0.6) is 0 Å². The van der Waals surface area contributed by atoms with Crippen molar-refractivity contribution in [3.05, 3.63) is 83.0 Å². The van der Waals surface area contributed by atoms with Gasteiger partial charge in [-0.15, -0.1) is 0 Å². The van der Waals surface area contributed by atoms with Crippen LogP contribution in [-0.2, 0) is 4.74 Å². The number of hydrogen-bond donors (Lipinski definition) is 2. The topological polar surface area (TPSA) is 115 Å². The van der Waals surface area contributed by atoms with Gasteiger partial charge in [-0.1, -0.05) is 6.07 Å². The van der Waals surface area contributed by atoms with E-state index >= 15 is 0 Å². The number of amides is 1. The molecule has 2 heterocycles. The Morgan fingerprint density at radius 2 is 1.67 bits per heavy atom. The molecular formula is C24H22N4O5. The lowest BCUT2D eigenvalue weighted by atomic mass is 10.2. The lowest BCUT2D eigenvalue weighted by Crippen LogP contribution is -2.27. The first-order valence-corrected chi connectivity index (χ1v) is 10.2. The molecule has 9 heteroatoms. The number of nitrogens with zero attached hydrogens (tertiary/aromatic N) is 3. The maximum absolute atomic E-state index is 13.5. The largest absolute Gasteiger partial charge is 0.478 e. The maximum Gasteiger partial charge on any atom is 0.412 e. The van der Waals surface area contributed by atoms with E-state index in [2.05, 4.69) is 10.3 Å². The van der Waals surface area contributed by atoms with Crippen molar-refractivity contribution < 1.29 is 19.4 Å². The molecule has 0 bridgehead atoms. The highest BCUT2D eigenvalue weighted by molar-refractivity contribution is 5.88. The number of carboxylic acids is 1. The van der Waals surface area contributed by atoms with E-state index in [0.29, 0.717) is 28.1 Å². The van der Waals surface area contributed by atoms with Crippen molar-refractivity contribution in [1.82, 2.24) is 14.1 Å². The van der Waals surface area contributed by atoms with Gasteiger partial charge in [0.2, 0.25) is 0 Å². The maximum atomic E-state index is 13.5. The van der Waals surface area contributed by atoms with Gasteiger partial charge in [0, 0.05) is 11.9 Å². The minimum Gasteiger partial charge on any atom is -0.478 e.